The number of rotatable bonds is 2. The standard InChI is InChI=1S/C18H19ClN2O2/c19-15-4-5-17(22)14(7-15)11-20-8-12-6-13(10-20)16-2-1-3-18(23)21(16)9-12/h1-5,7,12-13,22H,6,8-11H2/t12-,13+/m0/s1. The van der Waals surface area contributed by atoms with Crippen LogP contribution in [0.2, 0.25) is 5.02 Å². The molecule has 1 saturated heterocycles. The first-order valence-electron chi connectivity index (χ1n) is 7.99. The van der Waals surface area contributed by atoms with Gasteiger partial charge < -0.3 is 9.67 Å². The summed E-state index contributed by atoms with van der Waals surface area (Å²) < 4.78 is 1.94. The predicted octanol–water partition coefficient (Wildman–Crippen LogP) is 2.83. The van der Waals surface area contributed by atoms with Gasteiger partial charge in [0.15, 0.2) is 0 Å². The van der Waals surface area contributed by atoms with Crippen LogP contribution in [-0.4, -0.2) is 27.7 Å². The average molecular weight is 331 g/mol. The van der Waals surface area contributed by atoms with Crippen LogP contribution in [0, 0.1) is 5.92 Å². The summed E-state index contributed by atoms with van der Waals surface area (Å²) in [6.45, 7) is 3.34. The zero-order valence-electron chi connectivity index (χ0n) is 12.8. The third-order valence-corrected chi connectivity index (χ3v) is 5.23. The van der Waals surface area contributed by atoms with Gasteiger partial charge in [-0.3, -0.25) is 9.69 Å². The second kappa shape index (κ2) is 5.69. The molecule has 2 aliphatic rings. The Balaban J connectivity index is 1.59. The topological polar surface area (TPSA) is 45.5 Å². The van der Waals surface area contributed by atoms with Crippen LogP contribution in [0.15, 0.2) is 41.2 Å². The van der Waals surface area contributed by atoms with Crippen LogP contribution in [0.1, 0.15) is 23.6 Å². The molecule has 120 valence electrons. The number of aromatic nitrogens is 1. The molecule has 0 unspecified atom stereocenters. The first kappa shape index (κ1) is 14.8. The molecule has 3 heterocycles. The number of phenolic OH excluding ortho intramolecular Hbond substituents is 1. The predicted molar refractivity (Wildman–Crippen MR) is 89.9 cm³/mol. The van der Waals surface area contributed by atoms with E-state index in [-0.39, 0.29) is 5.56 Å². The van der Waals surface area contributed by atoms with Crippen molar-refractivity contribution in [2.45, 2.75) is 25.4 Å². The number of piperidine rings is 1. The van der Waals surface area contributed by atoms with E-state index < -0.39 is 0 Å². The van der Waals surface area contributed by atoms with Crippen molar-refractivity contribution in [2.24, 2.45) is 5.92 Å². The summed E-state index contributed by atoms with van der Waals surface area (Å²) in [5, 5.41) is 10.7. The minimum atomic E-state index is 0.109. The molecule has 4 nitrogen and oxygen atoms in total. The molecule has 0 spiro atoms. The number of aromatic hydroxyl groups is 1. The van der Waals surface area contributed by atoms with Gasteiger partial charge in [0.25, 0.3) is 5.56 Å². The Hall–Kier alpha value is -1.78. The highest BCUT2D eigenvalue weighted by atomic mass is 35.5. The molecule has 5 heteroatoms. The van der Waals surface area contributed by atoms with Crippen LogP contribution < -0.4 is 5.56 Å². The third-order valence-electron chi connectivity index (χ3n) is 4.99. The summed E-state index contributed by atoms with van der Waals surface area (Å²) in [5.41, 5.74) is 2.12. The lowest BCUT2D eigenvalue weighted by molar-refractivity contribution is 0.113. The maximum Gasteiger partial charge on any atom is 0.250 e. The van der Waals surface area contributed by atoms with Gasteiger partial charge in [0, 0.05) is 54.4 Å². The molecular formula is C18H19ClN2O2. The van der Waals surface area contributed by atoms with Gasteiger partial charge in [-0.1, -0.05) is 17.7 Å². The molecule has 23 heavy (non-hydrogen) atoms. The number of pyridine rings is 1. The molecule has 1 fully saturated rings. The number of nitrogens with zero attached hydrogens (tertiary/aromatic N) is 2. The number of halogens is 1. The van der Waals surface area contributed by atoms with E-state index in [1.165, 1.54) is 0 Å². The molecule has 0 saturated carbocycles. The highest BCUT2D eigenvalue weighted by Gasteiger charge is 2.34. The normalized spacial score (nSPS) is 23.5. The van der Waals surface area contributed by atoms with E-state index in [4.69, 9.17) is 11.6 Å². The second-order valence-corrected chi connectivity index (χ2v) is 7.10. The Bertz CT molecular complexity index is 802. The molecule has 1 aromatic carbocycles. The number of phenols is 1. The highest BCUT2D eigenvalue weighted by molar-refractivity contribution is 6.30. The molecule has 0 aliphatic carbocycles. The summed E-state index contributed by atoms with van der Waals surface area (Å²) >= 11 is 6.05. The van der Waals surface area contributed by atoms with Crippen LogP contribution in [0.5, 0.6) is 5.75 Å². The fraction of sp³-hybridized carbons (Fsp3) is 0.389. The van der Waals surface area contributed by atoms with Crippen molar-refractivity contribution < 1.29 is 5.11 Å². The van der Waals surface area contributed by atoms with Crippen LogP contribution in [-0.2, 0) is 13.1 Å². The molecule has 2 atom stereocenters. The van der Waals surface area contributed by atoms with Gasteiger partial charge >= 0.3 is 0 Å². The smallest absolute Gasteiger partial charge is 0.250 e. The van der Waals surface area contributed by atoms with Gasteiger partial charge in [0.1, 0.15) is 5.75 Å². The lowest BCUT2D eigenvalue weighted by Gasteiger charge is -2.42. The van der Waals surface area contributed by atoms with Gasteiger partial charge in [-0.2, -0.15) is 0 Å². The SMILES string of the molecule is O=c1cccc2n1C[C@H]1C[C@@H]2CN(Cc2cc(Cl)ccc2O)C1. The summed E-state index contributed by atoms with van der Waals surface area (Å²) in [6.07, 6.45) is 1.14. The van der Waals surface area contributed by atoms with E-state index in [1.807, 2.05) is 16.7 Å². The molecular weight excluding hydrogens is 312 g/mol. The number of fused-ring (bicyclic) bond motifs is 4. The lowest BCUT2D eigenvalue weighted by Crippen LogP contribution is -2.46. The maximum absolute atomic E-state index is 12.1. The minimum Gasteiger partial charge on any atom is -0.508 e. The Kier molecular flexibility index (Phi) is 3.66. The van der Waals surface area contributed by atoms with Crippen molar-refractivity contribution in [3.63, 3.8) is 0 Å². The van der Waals surface area contributed by atoms with E-state index in [1.54, 1.807) is 18.2 Å². The van der Waals surface area contributed by atoms with Crippen molar-refractivity contribution in [1.29, 1.82) is 0 Å². The van der Waals surface area contributed by atoms with Crippen LogP contribution in [0.4, 0.5) is 0 Å². The number of hydrogen-bond acceptors (Lipinski definition) is 3. The molecule has 0 amide bonds. The van der Waals surface area contributed by atoms with Gasteiger partial charge in [0.2, 0.25) is 0 Å². The van der Waals surface area contributed by atoms with E-state index >= 15 is 0 Å². The van der Waals surface area contributed by atoms with Crippen molar-refractivity contribution >= 4 is 11.6 Å². The zero-order valence-corrected chi connectivity index (χ0v) is 13.5. The minimum absolute atomic E-state index is 0.109. The van der Waals surface area contributed by atoms with Crippen molar-refractivity contribution in [3.05, 3.63) is 63.0 Å². The number of hydrogen-bond donors (Lipinski definition) is 1. The lowest BCUT2D eigenvalue weighted by atomic mass is 9.83. The van der Waals surface area contributed by atoms with Gasteiger partial charge in [-0.15, -0.1) is 0 Å². The summed E-state index contributed by atoms with van der Waals surface area (Å²) in [4.78, 5) is 14.4. The van der Waals surface area contributed by atoms with Crippen molar-refractivity contribution in [1.82, 2.24) is 9.47 Å². The monoisotopic (exact) mass is 330 g/mol. The van der Waals surface area contributed by atoms with E-state index in [9.17, 15) is 9.90 Å². The van der Waals surface area contributed by atoms with Gasteiger partial charge in [-0.05, 0) is 36.6 Å². The maximum atomic E-state index is 12.1. The third kappa shape index (κ3) is 2.77. The largest absolute Gasteiger partial charge is 0.508 e. The summed E-state index contributed by atoms with van der Waals surface area (Å²) in [6, 6.07) is 10.8. The fourth-order valence-electron chi connectivity index (χ4n) is 4.05. The summed E-state index contributed by atoms with van der Waals surface area (Å²) in [5.74, 6) is 1.17. The molecule has 2 aliphatic heterocycles. The molecule has 2 aromatic rings. The second-order valence-electron chi connectivity index (χ2n) is 6.67. The Morgan fingerprint density at radius 3 is 2.91 bits per heavy atom. The van der Waals surface area contributed by atoms with Crippen LogP contribution in [0.3, 0.4) is 0 Å². The van der Waals surface area contributed by atoms with Crippen molar-refractivity contribution in [2.75, 3.05) is 13.1 Å². The number of benzene rings is 1. The molecule has 4 rings (SSSR count). The molecule has 2 bridgehead atoms. The molecule has 1 N–H and O–H groups in total. The number of likely N-dealkylation sites (tertiary alicyclic amines) is 1. The molecule has 1 aromatic heterocycles. The zero-order chi connectivity index (χ0) is 16.0. The Morgan fingerprint density at radius 1 is 1.17 bits per heavy atom. The quantitative estimate of drug-likeness (QED) is 0.921. The van der Waals surface area contributed by atoms with E-state index in [0.717, 1.165) is 37.3 Å². The fourth-order valence-corrected chi connectivity index (χ4v) is 4.24. The average Bonchev–Trinajstić information content (AvgIpc) is 2.52. The van der Waals surface area contributed by atoms with E-state index in [2.05, 4.69) is 11.0 Å². The Morgan fingerprint density at radius 2 is 2.04 bits per heavy atom. The van der Waals surface area contributed by atoms with Crippen LogP contribution in [0.25, 0.3) is 0 Å². The first-order valence-corrected chi connectivity index (χ1v) is 8.37. The Labute approximate surface area is 139 Å². The van der Waals surface area contributed by atoms with E-state index in [0.29, 0.717) is 29.2 Å². The van der Waals surface area contributed by atoms with Crippen LogP contribution >= 0.6 is 11.6 Å². The first-order chi connectivity index (χ1) is 11.1. The van der Waals surface area contributed by atoms with Crippen molar-refractivity contribution in [3.8, 4) is 5.75 Å². The van der Waals surface area contributed by atoms with Gasteiger partial charge in [-0.25, -0.2) is 0 Å². The highest BCUT2D eigenvalue weighted by Crippen LogP contribution is 2.36. The van der Waals surface area contributed by atoms with Gasteiger partial charge in [0.05, 0.1) is 0 Å². The summed E-state index contributed by atoms with van der Waals surface area (Å²) in [7, 11) is 0. The molecule has 0 radical (unpaired) electrons.